The number of nitrogens with one attached hydrogen (secondary N) is 3. The number of nitrogens with two attached hydrogens (primary N) is 4. The summed E-state index contributed by atoms with van der Waals surface area (Å²) in [5.74, 6) is -2.65. The summed E-state index contributed by atoms with van der Waals surface area (Å²) in [4.78, 5) is 56.7. The largest absolute Gasteiger partial charge is 0.489 e. The lowest BCUT2D eigenvalue weighted by atomic mass is 10.0. The summed E-state index contributed by atoms with van der Waals surface area (Å²) in [6.07, 6.45) is -2.90. The molecule has 2 aromatic carbocycles. The standard InChI is InChI=1S/C33H41F3N8O5S/c34-33(35,36)23-8-2-1-7-21(23)19-49-22-14-12-20(13-15-22)27(28(38)45)44-30(47)24(9-3-4-16-37)42-29(46)25(10-5-17-41-32(39)40)43-31(48)26-11-6-18-50-26/h1-2,6-8,11-15,18,24-25,27H,3-5,9-10,16-17,19,37H2,(H2,38,45)(H,42,46)(H,43,48)(H,44,47)(H4,39,40,41)/t24-,25-,27-/m0/s1. The Bertz CT molecular complexity index is 1600. The molecule has 4 amide bonds. The van der Waals surface area contributed by atoms with Crippen LogP contribution in [0.4, 0.5) is 13.2 Å². The van der Waals surface area contributed by atoms with Gasteiger partial charge in [0.2, 0.25) is 17.7 Å². The van der Waals surface area contributed by atoms with Crippen LogP contribution < -0.4 is 43.6 Å². The van der Waals surface area contributed by atoms with Gasteiger partial charge in [0.15, 0.2) is 5.96 Å². The fourth-order valence-corrected chi connectivity index (χ4v) is 5.47. The number of hydrogen-bond acceptors (Lipinski definition) is 8. The Morgan fingerprint density at radius 3 is 2.10 bits per heavy atom. The van der Waals surface area contributed by atoms with Gasteiger partial charge in [-0.1, -0.05) is 36.4 Å². The van der Waals surface area contributed by atoms with E-state index in [1.54, 1.807) is 17.5 Å². The number of halogens is 3. The first-order chi connectivity index (χ1) is 23.8. The predicted molar refractivity (Wildman–Crippen MR) is 183 cm³/mol. The number of hydrogen-bond donors (Lipinski definition) is 7. The Kier molecular flexibility index (Phi) is 15.0. The molecule has 0 aliphatic rings. The van der Waals surface area contributed by atoms with Crippen LogP contribution in [0.25, 0.3) is 0 Å². The van der Waals surface area contributed by atoms with Crippen molar-refractivity contribution in [3.8, 4) is 5.75 Å². The molecule has 3 rings (SSSR count). The topological polar surface area (TPSA) is 230 Å². The highest BCUT2D eigenvalue weighted by Gasteiger charge is 2.33. The molecule has 11 N–H and O–H groups in total. The molecule has 3 aromatic rings. The van der Waals surface area contributed by atoms with Gasteiger partial charge in [0.1, 0.15) is 30.5 Å². The van der Waals surface area contributed by atoms with Crippen molar-refractivity contribution in [1.29, 1.82) is 0 Å². The number of carbonyl (C=O) groups excluding carboxylic acids is 4. The number of guanidine groups is 1. The van der Waals surface area contributed by atoms with Gasteiger partial charge in [-0.05, 0) is 73.9 Å². The third-order valence-electron chi connectivity index (χ3n) is 7.39. The van der Waals surface area contributed by atoms with Crippen molar-refractivity contribution >= 4 is 40.9 Å². The summed E-state index contributed by atoms with van der Waals surface area (Å²) in [6.45, 7) is 0.178. The molecule has 13 nitrogen and oxygen atoms in total. The number of amides is 4. The van der Waals surface area contributed by atoms with E-state index in [9.17, 15) is 32.3 Å². The van der Waals surface area contributed by atoms with Crippen LogP contribution in [-0.2, 0) is 27.2 Å². The molecule has 1 heterocycles. The zero-order valence-electron chi connectivity index (χ0n) is 27.1. The van der Waals surface area contributed by atoms with Gasteiger partial charge in [0.05, 0.1) is 10.4 Å². The van der Waals surface area contributed by atoms with Gasteiger partial charge < -0.3 is 43.6 Å². The third-order valence-corrected chi connectivity index (χ3v) is 8.26. The van der Waals surface area contributed by atoms with Gasteiger partial charge in [0, 0.05) is 12.1 Å². The second-order valence-corrected chi connectivity index (χ2v) is 12.1. The molecule has 0 aliphatic carbocycles. The summed E-state index contributed by atoms with van der Waals surface area (Å²) in [6, 6.07) is 10.6. The summed E-state index contributed by atoms with van der Waals surface area (Å²) >= 11 is 1.19. The van der Waals surface area contributed by atoms with Gasteiger partial charge >= 0.3 is 6.18 Å². The van der Waals surface area contributed by atoms with Crippen LogP contribution in [-0.4, -0.2) is 54.8 Å². The molecule has 0 fully saturated rings. The smallest absolute Gasteiger partial charge is 0.416 e. The van der Waals surface area contributed by atoms with E-state index in [1.165, 1.54) is 53.8 Å². The predicted octanol–water partition coefficient (Wildman–Crippen LogP) is 2.45. The fourth-order valence-electron chi connectivity index (χ4n) is 4.85. The van der Waals surface area contributed by atoms with Crippen LogP contribution in [0.1, 0.15) is 64.5 Å². The van der Waals surface area contributed by atoms with Crippen molar-refractivity contribution in [3.05, 3.63) is 87.6 Å². The number of carbonyl (C=O) groups is 4. The molecule has 0 unspecified atom stereocenters. The number of benzene rings is 2. The Balaban J connectivity index is 1.73. The highest BCUT2D eigenvalue weighted by Crippen LogP contribution is 2.32. The maximum Gasteiger partial charge on any atom is 0.416 e. The Labute approximate surface area is 291 Å². The Hall–Kier alpha value is -5.16. The van der Waals surface area contributed by atoms with E-state index in [4.69, 9.17) is 27.7 Å². The summed E-state index contributed by atoms with van der Waals surface area (Å²) < 4.78 is 45.6. The van der Waals surface area contributed by atoms with E-state index in [-0.39, 0.29) is 48.8 Å². The molecule has 0 radical (unpaired) electrons. The van der Waals surface area contributed by atoms with Crippen LogP contribution in [0.3, 0.4) is 0 Å². The van der Waals surface area contributed by atoms with Gasteiger partial charge in [0.25, 0.3) is 5.91 Å². The number of thiophene rings is 1. The highest BCUT2D eigenvalue weighted by molar-refractivity contribution is 7.12. The van der Waals surface area contributed by atoms with E-state index in [0.717, 1.165) is 6.07 Å². The van der Waals surface area contributed by atoms with Gasteiger partial charge in [-0.3, -0.25) is 24.2 Å². The zero-order valence-corrected chi connectivity index (χ0v) is 27.9. The molecule has 0 saturated heterocycles. The highest BCUT2D eigenvalue weighted by atomic mass is 32.1. The first kappa shape index (κ1) is 39.3. The van der Waals surface area contributed by atoms with Crippen molar-refractivity contribution in [2.24, 2.45) is 27.9 Å². The van der Waals surface area contributed by atoms with E-state index < -0.39 is 53.5 Å². The Morgan fingerprint density at radius 2 is 1.48 bits per heavy atom. The number of alkyl halides is 3. The van der Waals surface area contributed by atoms with E-state index in [2.05, 4.69) is 20.9 Å². The van der Waals surface area contributed by atoms with E-state index >= 15 is 0 Å². The number of primary amides is 1. The van der Waals surface area contributed by atoms with Gasteiger partial charge in [-0.15, -0.1) is 11.3 Å². The monoisotopic (exact) mass is 718 g/mol. The first-order valence-electron chi connectivity index (χ1n) is 15.7. The first-order valence-corrected chi connectivity index (χ1v) is 16.6. The van der Waals surface area contributed by atoms with Crippen LogP contribution >= 0.6 is 11.3 Å². The minimum Gasteiger partial charge on any atom is -0.489 e. The fraction of sp³-hybridized carbons (Fsp3) is 0.364. The average molecular weight is 719 g/mol. The molecule has 270 valence electrons. The second-order valence-electron chi connectivity index (χ2n) is 11.2. The van der Waals surface area contributed by atoms with Crippen molar-refractivity contribution in [1.82, 2.24) is 16.0 Å². The molecular formula is C33H41F3N8O5S. The van der Waals surface area contributed by atoms with Crippen molar-refractivity contribution in [3.63, 3.8) is 0 Å². The van der Waals surface area contributed by atoms with E-state index in [0.29, 0.717) is 30.7 Å². The number of unbranched alkanes of at least 4 members (excludes halogenated alkanes) is 1. The summed E-state index contributed by atoms with van der Waals surface area (Å²) in [5, 5.41) is 9.68. The van der Waals surface area contributed by atoms with Crippen molar-refractivity contribution in [2.75, 3.05) is 13.1 Å². The molecular weight excluding hydrogens is 677 g/mol. The number of rotatable bonds is 19. The Morgan fingerprint density at radius 1 is 0.820 bits per heavy atom. The molecule has 0 aliphatic heterocycles. The van der Waals surface area contributed by atoms with Gasteiger partial charge in [-0.2, -0.15) is 13.2 Å². The lowest BCUT2D eigenvalue weighted by Gasteiger charge is -2.25. The quantitative estimate of drug-likeness (QED) is 0.0552. The maximum atomic E-state index is 13.6. The molecule has 1 aromatic heterocycles. The van der Waals surface area contributed by atoms with Gasteiger partial charge in [-0.25, -0.2) is 0 Å². The average Bonchev–Trinajstić information content (AvgIpc) is 3.62. The van der Waals surface area contributed by atoms with E-state index in [1.807, 2.05) is 0 Å². The summed E-state index contributed by atoms with van der Waals surface area (Å²) in [7, 11) is 0. The third kappa shape index (κ3) is 12.4. The van der Waals surface area contributed by atoms with Crippen LogP contribution in [0, 0.1) is 0 Å². The SMILES string of the molecule is NCCCC[C@H](NC(=O)[C@H](CCCN=C(N)N)NC(=O)c1cccs1)C(=O)N[C@H](C(N)=O)c1ccc(OCc2ccccc2C(F)(F)F)cc1. The molecule has 0 spiro atoms. The molecule has 0 saturated carbocycles. The lowest BCUT2D eigenvalue weighted by molar-refractivity contribution is -0.138. The van der Waals surface area contributed by atoms with Crippen LogP contribution in [0.5, 0.6) is 5.75 Å². The molecule has 0 bridgehead atoms. The van der Waals surface area contributed by atoms with Crippen LogP contribution in [0.15, 0.2) is 71.0 Å². The number of aliphatic imine (C=N–C) groups is 1. The van der Waals surface area contributed by atoms with Crippen molar-refractivity contribution in [2.45, 2.75) is 63.0 Å². The molecule has 17 heteroatoms. The molecule has 50 heavy (non-hydrogen) atoms. The molecule has 3 atom stereocenters. The minimum absolute atomic E-state index is 0.0591. The minimum atomic E-state index is -4.55. The zero-order chi connectivity index (χ0) is 36.7. The number of ether oxygens (including phenoxy) is 1. The van der Waals surface area contributed by atoms with Crippen LogP contribution in [0.2, 0.25) is 0 Å². The normalized spacial score (nSPS) is 13.0. The van der Waals surface area contributed by atoms with Crippen molar-refractivity contribution < 1.29 is 37.1 Å². The maximum absolute atomic E-state index is 13.6. The summed E-state index contributed by atoms with van der Waals surface area (Å²) in [5.41, 5.74) is 21.4. The second kappa shape index (κ2) is 19.1. The number of nitrogens with zero attached hydrogens (tertiary/aromatic N) is 1. The lowest BCUT2D eigenvalue weighted by Crippen LogP contribution is -2.54.